The summed E-state index contributed by atoms with van der Waals surface area (Å²) in [4.78, 5) is 16.6. The molecule has 30 heavy (non-hydrogen) atoms. The van der Waals surface area contributed by atoms with Crippen LogP contribution < -0.4 is 9.47 Å². The third-order valence-electron chi connectivity index (χ3n) is 5.15. The van der Waals surface area contributed by atoms with Crippen molar-refractivity contribution in [2.24, 2.45) is 0 Å². The molecule has 1 amide bonds. The number of nitrogens with zero attached hydrogens (tertiary/aromatic N) is 2. The minimum absolute atomic E-state index is 0.0551. The average Bonchev–Trinajstić information content (AvgIpc) is 2.75. The molecule has 0 N–H and O–H groups in total. The number of rotatable bonds is 9. The number of hydrogen-bond donors (Lipinski definition) is 0. The molecule has 1 aliphatic rings. The Bertz CT molecular complexity index is 822. The lowest BCUT2D eigenvalue weighted by molar-refractivity contribution is -0.132. The van der Waals surface area contributed by atoms with Crippen molar-refractivity contribution in [1.82, 2.24) is 9.80 Å². The Labute approximate surface area is 176 Å². The van der Waals surface area contributed by atoms with E-state index in [9.17, 15) is 13.6 Å². The van der Waals surface area contributed by atoms with Crippen molar-refractivity contribution >= 4 is 5.91 Å². The molecule has 0 saturated carbocycles. The standard InChI is InChI=1S/C23H28F2N2O3/c1-2-29-20-7-3-18(4-8-20)5-10-23(28)27-13-11-26(12-14-27)15-16-30-22-9-6-19(24)17-21(22)25/h3-4,6-9,17H,2,5,10-16H2,1H3. The molecule has 5 nitrogen and oxygen atoms in total. The molecule has 2 aromatic carbocycles. The molecule has 162 valence electrons. The number of halogens is 2. The fraction of sp³-hybridized carbons (Fsp3) is 0.435. The quantitative estimate of drug-likeness (QED) is 0.625. The topological polar surface area (TPSA) is 42.0 Å². The highest BCUT2D eigenvalue weighted by Gasteiger charge is 2.20. The van der Waals surface area contributed by atoms with Crippen LogP contribution in [0.4, 0.5) is 8.78 Å². The predicted octanol–water partition coefficient (Wildman–Crippen LogP) is 3.52. The molecule has 1 fully saturated rings. The van der Waals surface area contributed by atoms with Crippen LogP contribution in [0, 0.1) is 11.6 Å². The van der Waals surface area contributed by atoms with Crippen molar-refractivity contribution in [3.63, 3.8) is 0 Å². The van der Waals surface area contributed by atoms with Crippen molar-refractivity contribution in [2.75, 3.05) is 45.9 Å². The molecular weight excluding hydrogens is 390 g/mol. The van der Waals surface area contributed by atoms with Crippen molar-refractivity contribution in [2.45, 2.75) is 19.8 Å². The van der Waals surface area contributed by atoms with Crippen LogP contribution >= 0.6 is 0 Å². The van der Waals surface area contributed by atoms with Crippen molar-refractivity contribution in [3.8, 4) is 11.5 Å². The smallest absolute Gasteiger partial charge is 0.222 e. The third-order valence-corrected chi connectivity index (χ3v) is 5.15. The van der Waals surface area contributed by atoms with Gasteiger partial charge in [0.25, 0.3) is 0 Å². The molecule has 0 aromatic heterocycles. The van der Waals surface area contributed by atoms with Crippen molar-refractivity contribution in [3.05, 3.63) is 59.7 Å². The van der Waals surface area contributed by atoms with Crippen molar-refractivity contribution < 1.29 is 23.0 Å². The maximum atomic E-state index is 13.6. The summed E-state index contributed by atoms with van der Waals surface area (Å²) in [6.07, 6.45) is 1.20. The summed E-state index contributed by atoms with van der Waals surface area (Å²) in [6, 6.07) is 11.2. The van der Waals surface area contributed by atoms with Crippen LogP contribution in [0.15, 0.2) is 42.5 Å². The first-order valence-corrected chi connectivity index (χ1v) is 10.3. The predicted molar refractivity (Wildman–Crippen MR) is 111 cm³/mol. The Balaban J connectivity index is 1.34. The Morgan fingerprint density at radius 1 is 1.00 bits per heavy atom. The second kappa shape index (κ2) is 10.9. The zero-order valence-electron chi connectivity index (χ0n) is 17.3. The van der Waals surface area contributed by atoms with Gasteiger partial charge in [0.1, 0.15) is 18.2 Å². The zero-order chi connectivity index (χ0) is 21.3. The maximum absolute atomic E-state index is 13.6. The van der Waals surface area contributed by atoms with Crippen LogP contribution in [0.5, 0.6) is 11.5 Å². The Morgan fingerprint density at radius 2 is 1.73 bits per heavy atom. The maximum Gasteiger partial charge on any atom is 0.222 e. The number of hydrogen-bond acceptors (Lipinski definition) is 4. The summed E-state index contributed by atoms with van der Waals surface area (Å²) >= 11 is 0. The normalized spacial score (nSPS) is 14.6. The zero-order valence-corrected chi connectivity index (χ0v) is 17.3. The average molecular weight is 418 g/mol. The molecule has 2 aromatic rings. The molecule has 0 atom stereocenters. The number of ether oxygens (including phenoxy) is 2. The minimum Gasteiger partial charge on any atom is -0.494 e. The Morgan fingerprint density at radius 3 is 2.40 bits per heavy atom. The van der Waals surface area contributed by atoms with Gasteiger partial charge < -0.3 is 14.4 Å². The van der Waals surface area contributed by atoms with Gasteiger partial charge in [0.15, 0.2) is 11.6 Å². The van der Waals surface area contributed by atoms with E-state index in [-0.39, 0.29) is 11.7 Å². The SMILES string of the molecule is CCOc1ccc(CCC(=O)N2CCN(CCOc3ccc(F)cc3F)CC2)cc1. The van der Waals surface area contributed by atoms with E-state index in [1.54, 1.807) is 0 Å². The minimum atomic E-state index is -0.696. The summed E-state index contributed by atoms with van der Waals surface area (Å²) < 4.78 is 37.3. The van der Waals surface area contributed by atoms with E-state index >= 15 is 0 Å². The molecule has 1 aliphatic heterocycles. The fourth-order valence-electron chi connectivity index (χ4n) is 3.43. The molecule has 0 aliphatic carbocycles. The molecule has 0 bridgehead atoms. The lowest BCUT2D eigenvalue weighted by Gasteiger charge is -2.34. The second-order valence-electron chi connectivity index (χ2n) is 7.22. The van der Waals surface area contributed by atoms with Gasteiger partial charge in [-0.25, -0.2) is 8.78 Å². The van der Waals surface area contributed by atoms with E-state index in [1.807, 2.05) is 36.1 Å². The van der Waals surface area contributed by atoms with Gasteiger partial charge in [0.05, 0.1) is 6.61 Å². The number of amides is 1. The summed E-state index contributed by atoms with van der Waals surface area (Å²) in [5, 5.41) is 0. The lowest BCUT2D eigenvalue weighted by Crippen LogP contribution is -2.49. The highest BCUT2D eigenvalue weighted by atomic mass is 19.1. The summed E-state index contributed by atoms with van der Waals surface area (Å²) in [7, 11) is 0. The van der Waals surface area contributed by atoms with E-state index in [0.717, 1.165) is 30.5 Å². The highest BCUT2D eigenvalue weighted by Crippen LogP contribution is 2.18. The van der Waals surface area contributed by atoms with E-state index in [2.05, 4.69) is 4.90 Å². The van der Waals surface area contributed by atoms with Gasteiger partial charge >= 0.3 is 0 Å². The first-order chi connectivity index (χ1) is 14.5. The van der Waals surface area contributed by atoms with Crippen LogP contribution in [-0.4, -0.2) is 61.6 Å². The Hall–Kier alpha value is -2.67. The van der Waals surface area contributed by atoms with E-state index in [0.29, 0.717) is 45.7 Å². The van der Waals surface area contributed by atoms with Gasteiger partial charge in [-0.05, 0) is 43.2 Å². The van der Waals surface area contributed by atoms with E-state index in [4.69, 9.17) is 9.47 Å². The van der Waals surface area contributed by atoms with E-state index in [1.165, 1.54) is 12.1 Å². The molecule has 3 rings (SSSR count). The van der Waals surface area contributed by atoms with Crippen LogP contribution in [0.3, 0.4) is 0 Å². The van der Waals surface area contributed by atoms with Crippen molar-refractivity contribution in [1.29, 1.82) is 0 Å². The number of carbonyl (C=O) groups is 1. The summed E-state index contributed by atoms with van der Waals surface area (Å²) in [5.41, 5.74) is 1.12. The van der Waals surface area contributed by atoms with Crippen LogP contribution in [0.2, 0.25) is 0 Å². The largest absolute Gasteiger partial charge is 0.494 e. The number of benzene rings is 2. The number of carbonyl (C=O) groups excluding carboxylic acids is 1. The molecular formula is C23H28F2N2O3. The van der Waals surface area contributed by atoms with Crippen LogP contribution in [-0.2, 0) is 11.2 Å². The van der Waals surface area contributed by atoms with Gasteiger partial charge in [-0.3, -0.25) is 9.69 Å². The number of aryl methyl sites for hydroxylation is 1. The molecule has 1 heterocycles. The summed E-state index contributed by atoms with van der Waals surface area (Å²) in [6.45, 7) is 6.39. The molecule has 0 radical (unpaired) electrons. The second-order valence-corrected chi connectivity index (χ2v) is 7.22. The van der Waals surface area contributed by atoms with Gasteiger partial charge in [0.2, 0.25) is 5.91 Å². The molecule has 0 unspecified atom stereocenters. The van der Waals surface area contributed by atoms with Gasteiger partial charge in [-0.1, -0.05) is 12.1 Å². The van der Waals surface area contributed by atoms with Gasteiger partial charge in [0, 0.05) is 45.2 Å². The molecule has 7 heteroatoms. The summed E-state index contributed by atoms with van der Waals surface area (Å²) in [5.74, 6) is -0.261. The highest BCUT2D eigenvalue weighted by molar-refractivity contribution is 5.76. The van der Waals surface area contributed by atoms with Crippen LogP contribution in [0.1, 0.15) is 18.9 Å². The monoisotopic (exact) mass is 418 g/mol. The lowest BCUT2D eigenvalue weighted by atomic mass is 10.1. The third kappa shape index (κ3) is 6.42. The van der Waals surface area contributed by atoms with E-state index < -0.39 is 11.6 Å². The first kappa shape index (κ1) is 22.0. The fourth-order valence-corrected chi connectivity index (χ4v) is 3.43. The van der Waals surface area contributed by atoms with Gasteiger partial charge in [-0.15, -0.1) is 0 Å². The number of piperazine rings is 1. The molecule has 0 spiro atoms. The Kier molecular flexibility index (Phi) is 8.02. The van der Waals surface area contributed by atoms with Gasteiger partial charge in [-0.2, -0.15) is 0 Å². The van der Waals surface area contributed by atoms with Crippen LogP contribution in [0.25, 0.3) is 0 Å². The first-order valence-electron chi connectivity index (χ1n) is 10.3. The molecule has 1 saturated heterocycles.